The molecular formula is C21H13N3S3. The van der Waals surface area contributed by atoms with Crippen molar-refractivity contribution in [1.82, 2.24) is 9.97 Å². The Morgan fingerprint density at radius 3 is 1.81 bits per heavy atom. The van der Waals surface area contributed by atoms with Crippen LogP contribution in [0.5, 0.6) is 0 Å². The van der Waals surface area contributed by atoms with Gasteiger partial charge in [-0.2, -0.15) is 0 Å². The predicted octanol–water partition coefficient (Wildman–Crippen LogP) is 6.32. The Morgan fingerprint density at radius 2 is 1.22 bits per heavy atom. The second kappa shape index (κ2) is 5.79. The number of fused-ring (bicyclic) bond motifs is 3. The number of anilines is 1. The van der Waals surface area contributed by atoms with Crippen molar-refractivity contribution in [1.29, 1.82) is 0 Å². The van der Waals surface area contributed by atoms with Crippen molar-refractivity contribution >= 4 is 60.6 Å². The minimum atomic E-state index is -0.489. The average Bonchev–Trinajstić information content (AvgIpc) is 3.41. The fraction of sp³-hybridized carbons (Fsp3) is 0.0476. The third kappa shape index (κ3) is 2.34. The molecule has 0 radical (unpaired) electrons. The molecule has 0 aliphatic carbocycles. The Balaban J connectivity index is 1.61. The molecule has 0 amide bonds. The second-order valence-electron chi connectivity index (χ2n) is 6.38. The molecule has 0 saturated carbocycles. The van der Waals surface area contributed by atoms with Gasteiger partial charge in [-0.25, -0.2) is 9.97 Å². The summed E-state index contributed by atoms with van der Waals surface area (Å²) in [5.74, 6) is 0. The summed E-state index contributed by atoms with van der Waals surface area (Å²) in [5.41, 5.74) is 3.22. The predicted molar refractivity (Wildman–Crippen MR) is 116 cm³/mol. The zero-order valence-corrected chi connectivity index (χ0v) is 16.5. The first-order valence-corrected chi connectivity index (χ1v) is 11.1. The van der Waals surface area contributed by atoms with Crippen molar-refractivity contribution in [3.8, 4) is 0 Å². The van der Waals surface area contributed by atoms with Crippen molar-refractivity contribution in [3.63, 3.8) is 0 Å². The lowest BCUT2D eigenvalue weighted by Gasteiger charge is -2.24. The summed E-state index contributed by atoms with van der Waals surface area (Å²) in [5, 5.41) is 5.85. The Labute approximate surface area is 168 Å². The molecule has 6 rings (SSSR count). The maximum absolute atomic E-state index is 5.00. The highest BCUT2D eigenvalue weighted by atomic mass is 32.2. The van der Waals surface area contributed by atoms with Crippen molar-refractivity contribution in [3.05, 3.63) is 82.8 Å². The van der Waals surface area contributed by atoms with Gasteiger partial charge in [0.25, 0.3) is 0 Å². The zero-order valence-electron chi connectivity index (χ0n) is 14.0. The van der Waals surface area contributed by atoms with Gasteiger partial charge in [-0.15, -0.1) is 22.7 Å². The summed E-state index contributed by atoms with van der Waals surface area (Å²) in [6.07, 6.45) is 0. The Morgan fingerprint density at radius 1 is 0.667 bits per heavy atom. The van der Waals surface area contributed by atoms with Gasteiger partial charge in [-0.3, -0.25) is 0 Å². The highest BCUT2D eigenvalue weighted by Gasteiger charge is 2.46. The monoisotopic (exact) mass is 403 g/mol. The molecule has 0 unspecified atom stereocenters. The van der Waals surface area contributed by atoms with E-state index in [2.05, 4.69) is 66.0 Å². The van der Waals surface area contributed by atoms with E-state index in [9.17, 15) is 0 Å². The molecule has 1 aliphatic heterocycles. The molecule has 3 nitrogen and oxygen atoms in total. The van der Waals surface area contributed by atoms with Gasteiger partial charge in [0.1, 0.15) is 10.0 Å². The van der Waals surface area contributed by atoms with Crippen LogP contribution in [0.4, 0.5) is 5.69 Å². The Hall–Kier alpha value is -2.41. The molecule has 3 aromatic carbocycles. The normalized spacial score (nSPS) is 15.1. The molecule has 5 aromatic rings. The van der Waals surface area contributed by atoms with E-state index in [-0.39, 0.29) is 0 Å². The Kier molecular flexibility index (Phi) is 3.35. The van der Waals surface area contributed by atoms with Crippen LogP contribution in [0.2, 0.25) is 0 Å². The van der Waals surface area contributed by atoms with Gasteiger partial charge < -0.3 is 5.32 Å². The topological polar surface area (TPSA) is 37.8 Å². The lowest BCUT2D eigenvalue weighted by atomic mass is 10.2. The highest BCUT2D eigenvalue weighted by molar-refractivity contribution is 8.01. The van der Waals surface area contributed by atoms with E-state index < -0.39 is 4.87 Å². The molecule has 1 aliphatic rings. The van der Waals surface area contributed by atoms with E-state index in [0.717, 1.165) is 26.7 Å². The van der Waals surface area contributed by atoms with Crippen molar-refractivity contribution < 1.29 is 0 Å². The van der Waals surface area contributed by atoms with E-state index in [1.54, 1.807) is 34.4 Å². The molecule has 27 heavy (non-hydrogen) atoms. The average molecular weight is 404 g/mol. The standard InChI is InChI=1S/C21H13N3S3/c1-4-10-16-13(7-1)22-19(25-16)21(24-15-9-3-6-12-18(15)27-21)20-23-14-8-2-5-11-17(14)26-20/h1-12,24H. The van der Waals surface area contributed by atoms with Crippen LogP contribution in [0, 0.1) is 0 Å². The van der Waals surface area contributed by atoms with E-state index in [1.165, 1.54) is 14.3 Å². The van der Waals surface area contributed by atoms with Crippen molar-refractivity contribution in [2.24, 2.45) is 0 Å². The third-order valence-electron chi connectivity index (χ3n) is 4.65. The Bertz CT molecular complexity index is 1140. The zero-order chi connectivity index (χ0) is 17.8. The molecule has 0 saturated heterocycles. The van der Waals surface area contributed by atoms with E-state index in [1.807, 2.05) is 12.1 Å². The van der Waals surface area contributed by atoms with Crippen molar-refractivity contribution in [2.45, 2.75) is 9.77 Å². The molecule has 130 valence electrons. The summed E-state index contributed by atoms with van der Waals surface area (Å²) in [6, 6.07) is 25.1. The number of hydrogen-bond acceptors (Lipinski definition) is 6. The smallest absolute Gasteiger partial charge is 0.193 e. The first kappa shape index (κ1) is 15.6. The maximum atomic E-state index is 5.00. The number of para-hydroxylation sites is 3. The van der Waals surface area contributed by atoms with Crippen molar-refractivity contribution in [2.75, 3.05) is 5.32 Å². The van der Waals surface area contributed by atoms with Crippen LogP contribution in [-0.2, 0) is 4.87 Å². The van der Waals surface area contributed by atoms with Gasteiger partial charge in [-0.1, -0.05) is 48.2 Å². The largest absolute Gasteiger partial charge is 0.358 e. The third-order valence-corrected chi connectivity index (χ3v) is 8.59. The first-order valence-electron chi connectivity index (χ1n) is 8.60. The first-order chi connectivity index (χ1) is 13.3. The lowest BCUT2D eigenvalue weighted by Crippen LogP contribution is -2.29. The van der Waals surface area contributed by atoms with Gasteiger partial charge in [0.2, 0.25) is 0 Å². The number of rotatable bonds is 2. The van der Waals surface area contributed by atoms with Gasteiger partial charge in [0.05, 0.1) is 20.4 Å². The molecule has 1 N–H and O–H groups in total. The molecular weight excluding hydrogens is 390 g/mol. The summed E-state index contributed by atoms with van der Waals surface area (Å²) in [6.45, 7) is 0. The van der Waals surface area contributed by atoms with Crippen LogP contribution in [0.15, 0.2) is 77.7 Å². The van der Waals surface area contributed by atoms with Gasteiger partial charge in [0, 0.05) is 10.6 Å². The fourth-order valence-corrected chi connectivity index (χ4v) is 7.08. The van der Waals surface area contributed by atoms with Gasteiger partial charge in [-0.05, 0) is 36.4 Å². The fourth-order valence-electron chi connectivity index (χ4n) is 3.37. The van der Waals surface area contributed by atoms with Crippen LogP contribution in [0.25, 0.3) is 20.4 Å². The minimum absolute atomic E-state index is 0.489. The molecule has 0 bridgehead atoms. The van der Waals surface area contributed by atoms with Crippen LogP contribution < -0.4 is 5.32 Å². The van der Waals surface area contributed by atoms with Gasteiger partial charge >= 0.3 is 0 Å². The van der Waals surface area contributed by atoms with Crippen LogP contribution >= 0.6 is 34.4 Å². The van der Waals surface area contributed by atoms with E-state index in [4.69, 9.17) is 9.97 Å². The number of hydrogen-bond donors (Lipinski definition) is 1. The summed E-state index contributed by atoms with van der Waals surface area (Å²) < 4.78 is 2.40. The highest BCUT2D eigenvalue weighted by Crippen LogP contribution is 2.56. The molecule has 0 spiro atoms. The van der Waals surface area contributed by atoms with Crippen LogP contribution in [0.3, 0.4) is 0 Å². The lowest BCUT2D eigenvalue weighted by molar-refractivity contribution is 0.853. The number of thioether (sulfide) groups is 1. The number of aromatic nitrogens is 2. The van der Waals surface area contributed by atoms with Crippen LogP contribution in [-0.4, -0.2) is 9.97 Å². The van der Waals surface area contributed by atoms with E-state index >= 15 is 0 Å². The molecule has 0 atom stereocenters. The minimum Gasteiger partial charge on any atom is -0.358 e. The van der Waals surface area contributed by atoms with Crippen LogP contribution in [0.1, 0.15) is 10.0 Å². The quantitative estimate of drug-likeness (QED) is 0.374. The molecule has 2 aromatic heterocycles. The summed E-state index contributed by atoms with van der Waals surface area (Å²) in [4.78, 5) is 10.7. The van der Waals surface area contributed by atoms with E-state index in [0.29, 0.717) is 0 Å². The number of thiazole rings is 2. The molecule has 0 fully saturated rings. The molecule has 3 heterocycles. The number of nitrogens with one attached hydrogen (secondary N) is 1. The second-order valence-corrected chi connectivity index (χ2v) is 9.70. The SMILES string of the molecule is c1ccc2c(c1)NC(c1nc3ccccc3s1)(c1nc3ccccc3s1)S2. The summed E-state index contributed by atoms with van der Waals surface area (Å²) >= 11 is 5.29. The summed E-state index contributed by atoms with van der Waals surface area (Å²) in [7, 11) is 0. The molecule has 6 heteroatoms. The maximum Gasteiger partial charge on any atom is 0.193 e. The number of nitrogens with zero attached hydrogens (tertiary/aromatic N) is 2. The number of benzene rings is 3. The van der Waals surface area contributed by atoms with Gasteiger partial charge in [0.15, 0.2) is 4.87 Å².